The monoisotopic (exact) mass is 229 g/mol. The van der Waals surface area contributed by atoms with Crippen molar-refractivity contribution in [3.05, 3.63) is 34.6 Å². The van der Waals surface area contributed by atoms with Crippen LogP contribution in [0.4, 0.5) is 4.39 Å². The molecule has 0 saturated carbocycles. The standard InChI is InChI=1S/C12H17ClFN/c1-4-15-12(8(2)3)9-5-6-11(14)10(13)7-9/h5-8,12,15H,4H2,1-3H3. The largest absolute Gasteiger partial charge is 0.310 e. The minimum atomic E-state index is -0.362. The molecule has 1 nitrogen and oxygen atoms in total. The second-order valence-electron chi connectivity index (χ2n) is 3.95. The summed E-state index contributed by atoms with van der Waals surface area (Å²) < 4.78 is 13.0. The summed E-state index contributed by atoms with van der Waals surface area (Å²) in [7, 11) is 0. The molecule has 1 atom stereocenters. The van der Waals surface area contributed by atoms with Crippen LogP contribution in [0.1, 0.15) is 32.4 Å². The zero-order chi connectivity index (χ0) is 11.4. The van der Waals surface area contributed by atoms with E-state index in [2.05, 4.69) is 26.1 Å². The number of benzene rings is 1. The first-order chi connectivity index (χ1) is 7.06. The third kappa shape index (κ3) is 3.18. The molecule has 0 radical (unpaired) electrons. The smallest absolute Gasteiger partial charge is 0.141 e. The minimum absolute atomic E-state index is 0.191. The van der Waals surface area contributed by atoms with Gasteiger partial charge in [-0.1, -0.05) is 38.4 Å². The Morgan fingerprint density at radius 3 is 2.53 bits per heavy atom. The number of hydrogen-bond donors (Lipinski definition) is 1. The maximum absolute atomic E-state index is 13.0. The second kappa shape index (κ2) is 5.47. The van der Waals surface area contributed by atoms with Crippen LogP contribution in [0.2, 0.25) is 5.02 Å². The van der Waals surface area contributed by atoms with Crippen molar-refractivity contribution in [3.63, 3.8) is 0 Å². The molecule has 0 aromatic heterocycles. The normalized spacial score (nSPS) is 13.2. The Morgan fingerprint density at radius 2 is 2.07 bits per heavy atom. The number of rotatable bonds is 4. The van der Waals surface area contributed by atoms with E-state index in [0.29, 0.717) is 5.92 Å². The highest BCUT2D eigenvalue weighted by molar-refractivity contribution is 6.30. The molecule has 1 aromatic carbocycles. The van der Waals surface area contributed by atoms with Gasteiger partial charge >= 0.3 is 0 Å². The third-order valence-electron chi connectivity index (χ3n) is 2.39. The van der Waals surface area contributed by atoms with E-state index < -0.39 is 0 Å². The van der Waals surface area contributed by atoms with Crippen molar-refractivity contribution in [1.29, 1.82) is 0 Å². The molecule has 1 N–H and O–H groups in total. The summed E-state index contributed by atoms with van der Waals surface area (Å²) in [6, 6.07) is 5.14. The van der Waals surface area contributed by atoms with Crippen molar-refractivity contribution in [2.24, 2.45) is 5.92 Å². The fourth-order valence-electron chi connectivity index (χ4n) is 1.66. The van der Waals surface area contributed by atoms with Crippen LogP contribution in [0, 0.1) is 11.7 Å². The van der Waals surface area contributed by atoms with Gasteiger partial charge in [0.1, 0.15) is 5.82 Å². The third-order valence-corrected chi connectivity index (χ3v) is 2.68. The molecule has 1 aromatic rings. The molecule has 0 fully saturated rings. The van der Waals surface area contributed by atoms with Crippen molar-refractivity contribution in [2.75, 3.05) is 6.54 Å². The van der Waals surface area contributed by atoms with Gasteiger partial charge in [0, 0.05) is 6.04 Å². The van der Waals surface area contributed by atoms with Crippen LogP contribution in [0.3, 0.4) is 0 Å². The molecule has 3 heteroatoms. The molecular weight excluding hydrogens is 213 g/mol. The van der Waals surface area contributed by atoms with Crippen LogP contribution in [-0.2, 0) is 0 Å². The number of hydrogen-bond acceptors (Lipinski definition) is 1. The molecule has 84 valence electrons. The van der Waals surface area contributed by atoms with Crippen LogP contribution in [0.15, 0.2) is 18.2 Å². The van der Waals surface area contributed by atoms with E-state index in [9.17, 15) is 4.39 Å². The van der Waals surface area contributed by atoms with E-state index >= 15 is 0 Å². The molecule has 0 heterocycles. The first-order valence-electron chi connectivity index (χ1n) is 5.24. The lowest BCUT2D eigenvalue weighted by atomic mass is 9.96. The summed E-state index contributed by atoms with van der Waals surface area (Å²) in [4.78, 5) is 0. The van der Waals surface area contributed by atoms with Crippen molar-refractivity contribution in [1.82, 2.24) is 5.32 Å². The quantitative estimate of drug-likeness (QED) is 0.829. The molecule has 0 aliphatic rings. The average Bonchev–Trinajstić information content (AvgIpc) is 2.18. The Hall–Kier alpha value is -0.600. The predicted molar refractivity (Wildman–Crippen MR) is 62.7 cm³/mol. The fraction of sp³-hybridized carbons (Fsp3) is 0.500. The van der Waals surface area contributed by atoms with E-state index in [0.717, 1.165) is 12.1 Å². The topological polar surface area (TPSA) is 12.0 Å². The van der Waals surface area contributed by atoms with Gasteiger partial charge in [-0.2, -0.15) is 0 Å². The molecule has 0 spiro atoms. The van der Waals surface area contributed by atoms with Gasteiger partial charge in [0.25, 0.3) is 0 Å². The van der Waals surface area contributed by atoms with Crippen LogP contribution in [-0.4, -0.2) is 6.54 Å². The van der Waals surface area contributed by atoms with E-state index in [-0.39, 0.29) is 16.9 Å². The van der Waals surface area contributed by atoms with Gasteiger partial charge < -0.3 is 5.32 Å². The van der Waals surface area contributed by atoms with Crippen molar-refractivity contribution >= 4 is 11.6 Å². The molecule has 0 amide bonds. The highest BCUT2D eigenvalue weighted by Gasteiger charge is 2.15. The second-order valence-corrected chi connectivity index (χ2v) is 4.36. The highest BCUT2D eigenvalue weighted by Crippen LogP contribution is 2.25. The molecule has 1 rings (SSSR count). The van der Waals surface area contributed by atoms with Crippen LogP contribution in [0.25, 0.3) is 0 Å². The van der Waals surface area contributed by atoms with Gasteiger partial charge in [0.05, 0.1) is 5.02 Å². The van der Waals surface area contributed by atoms with E-state index in [4.69, 9.17) is 11.6 Å². The Labute approximate surface area is 95.6 Å². The first-order valence-corrected chi connectivity index (χ1v) is 5.62. The van der Waals surface area contributed by atoms with E-state index in [1.165, 1.54) is 6.07 Å². The lowest BCUT2D eigenvalue weighted by Crippen LogP contribution is -2.25. The highest BCUT2D eigenvalue weighted by atomic mass is 35.5. The minimum Gasteiger partial charge on any atom is -0.310 e. The summed E-state index contributed by atoms with van der Waals surface area (Å²) >= 11 is 5.76. The maximum atomic E-state index is 13.0. The average molecular weight is 230 g/mol. The molecule has 0 aliphatic heterocycles. The summed E-state index contributed by atoms with van der Waals surface area (Å²) in [5, 5.41) is 3.55. The van der Waals surface area contributed by atoms with Crippen molar-refractivity contribution in [3.8, 4) is 0 Å². The Bertz CT molecular complexity index is 325. The molecule has 0 aliphatic carbocycles. The summed E-state index contributed by atoms with van der Waals surface area (Å²) in [5.74, 6) is 0.0888. The van der Waals surface area contributed by atoms with Crippen LogP contribution < -0.4 is 5.32 Å². The Kier molecular flexibility index (Phi) is 4.55. The molecule has 0 bridgehead atoms. The summed E-state index contributed by atoms with van der Waals surface area (Å²) in [6.07, 6.45) is 0. The fourth-order valence-corrected chi connectivity index (χ4v) is 1.85. The molecule has 1 unspecified atom stereocenters. The zero-order valence-corrected chi connectivity index (χ0v) is 10.1. The Morgan fingerprint density at radius 1 is 1.40 bits per heavy atom. The SMILES string of the molecule is CCNC(c1ccc(F)c(Cl)c1)C(C)C. The van der Waals surface area contributed by atoms with Gasteiger partial charge in [-0.05, 0) is 30.2 Å². The molecular formula is C12H17ClFN. The molecule has 0 saturated heterocycles. The van der Waals surface area contributed by atoms with Crippen molar-refractivity contribution in [2.45, 2.75) is 26.8 Å². The lowest BCUT2D eigenvalue weighted by molar-refractivity contribution is 0.421. The van der Waals surface area contributed by atoms with Gasteiger partial charge in [-0.15, -0.1) is 0 Å². The number of nitrogens with one attached hydrogen (secondary N) is 1. The molecule has 15 heavy (non-hydrogen) atoms. The number of halogens is 2. The van der Waals surface area contributed by atoms with Gasteiger partial charge in [0.2, 0.25) is 0 Å². The lowest BCUT2D eigenvalue weighted by Gasteiger charge is -2.22. The zero-order valence-electron chi connectivity index (χ0n) is 9.35. The van der Waals surface area contributed by atoms with Gasteiger partial charge in [-0.3, -0.25) is 0 Å². The van der Waals surface area contributed by atoms with Crippen molar-refractivity contribution < 1.29 is 4.39 Å². The van der Waals surface area contributed by atoms with Crippen LogP contribution >= 0.6 is 11.6 Å². The summed E-state index contributed by atoms with van der Waals surface area (Å²) in [6.45, 7) is 7.20. The van der Waals surface area contributed by atoms with Gasteiger partial charge in [-0.25, -0.2) is 4.39 Å². The summed E-state index contributed by atoms with van der Waals surface area (Å²) in [5.41, 5.74) is 1.04. The van der Waals surface area contributed by atoms with Gasteiger partial charge in [0.15, 0.2) is 0 Å². The van der Waals surface area contributed by atoms with E-state index in [1.54, 1.807) is 12.1 Å². The van der Waals surface area contributed by atoms with Crippen LogP contribution in [0.5, 0.6) is 0 Å². The Balaban J connectivity index is 2.95. The first kappa shape index (κ1) is 12.5. The maximum Gasteiger partial charge on any atom is 0.141 e. The van der Waals surface area contributed by atoms with E-state index in [1.807, 2.05) is 0 Å². The predicted octanol–water partition coefficient (Wildman–Crippen LogP) is 3.79.